The number of aromatic nitrogens is 1. The zero-order chi connectivity index (χ0) is 17.7. The summed E-state index contributed by atoms with van der Waals surface area (Å²) in [7, 11) is -4.94. The van der Waals surface area contributed by atoms with E-state index in [4.69, 9.17) is 18.6 Å². The average Bonchev–Trinajstić information content (AvgIpc) is 2.53. The number of carbonyl (C=O) groups is 1. The highest BCUT2D eigenvalue weighted by atomic mass is 79.9. The minimum Gasteiger partial charge on any atom is -0.294 e. The van der Waals surface area contributed by atoms with Crippen molar-refractivity contribution in [1.82, 2.24) is 0 Å². The van der Waals surface area contributed by atoms with Gasteiger partial charge in [-0.25, -0.2) is 23.2 Å². The normalized spacial score (nSPS) is 16.3. The molecule has 2 heterocycles. The van der Waals surface area contributed by atoms with Crippen LogP contribution in [-0.4, -0.2) is 12.3 Å². The second-order valence-electron chi connectivity index (χ2n) is 5.07. The summed E-state index contributed by atoms with van der Waals surface area (Å²) in [5.74, 6) is 1.26. The van der Waals surface area contributed by atoms with Crippen LogP contribution < -0.4 is 28.5 Å². The van der Waals surface area contributed by atoms with Crippen LogP contribution in [0.4, 0.5) is 5.82 Å². The molecule has 1 N–H and O–H groups in total. The van der Waals surface area contributed by atoms with E-state index in [9.17, 15) is 4.79 Å². The van der Waals surface area contributed by atoms with Gasteiger partial charge in [-0.3, -0.25) is 10.1 Å². The number of carbonyl (C=O) groups excluding carboxylic acids is 1. The van der Waals surface area contributed by atoms with E-state index < -0.39 is 10.2 Å². The van der Waals surface area contributed by atoms with E-state index in [2.05, 4.69) is 25.8 Å². The second kappa shape index (κ2) is 8.02. The van der Waals surface area contributed by atoms with Crippen LogP contribution in [0, 0.1) is 16.2 Å². The summed E-state index contributed by atoms with van der Waals surface area (Å²) in [6.07, 6.45) is 2.00. The third-order valence-corrected chi connectivity index (χ3v) is 3.92. The summed E-state index contributed by atoms with van der Waals surface area (Å²) in [4.78, 5) is 12.5. The maximum Gasteiger partial charge on any atom is 0.274 e. The molecular formula is C15H14BrClN2O5. The number of hydrogen-bond acceptors (Lipinski definition) is 6. The van der Waals surface area contributed by atoms with Gasteiger partial charge in [-0.05, 0) is 18.2 Å². The van der Waals surface area contributed by atoms with Gasteiger partial charge in [-0.2, -0.15) is 0 Å². The van der Waals surface area contributed by atoms with Crippen molar-refractivity contribution in [3.63, 3.8) is 0 Å². The molecule has 0 amide bonds. The maximum atomic E-state index is 12.5. The molecule has 1 unspecified atom stereocenters. The molecule has 1 aliphatic rings. The summed E-state index contributed by atoms with van der Waals surface area (Å²) in [5.41, 5.74) is 0.773. The number of Topliss-reactive ketones (excluding diaryl/α,β-unsaturated/α-hetero) is 1. The lowest BCUT2D eigenvalue weighted by Gasteiger charge is -2.20. The minimum absolute atomic E-state index is 0.0129. The summed E-state index contributed by atoms with van der Waals surface area (Å²) >= 11 is 3.38. The Hall–Kier alpha value is -1.55. The zero-order valence-electron chi connectivity index (χ0n) is 12.4. The molecule has 0 spiro atoms. The number of benzene rings is 1. The number of halogens is 2. The number of nitrogens with one attached hydrogen (secondary N) is 1. The molecule has 0 saturated heterocycles. The van der Waals surface area contributed by atoms with Crippen molar-refractivity contribution in [3.05, 3.63) is 58.7 Å². The monoisotopic (exact) mass is 416 g/mol. The Morgan fingerprint density at radius 1 is 1.12 bits per heavy atom. The van der Waals surface area contributed by atoms with Crippen LogP contribution in [-0.2, 0) is 6.54 Å². The fourth-order valence-corrected chi connectivity index (χ4v) is 2.62. The molecule has 24 heavy (non-hydrogen) atoms. The standard InChI is InChI=1S/C15H13BrN2O.ClHO4/c16-13-6-4-11(5-7-13)15(19)12-9-17-14-3-1-2-8-18(14)10-12;2-1(3,4)5/h1-8,12H,9-10H2;(H,2,3,4,5). The van der Waals surface area contributed by atoms with E-state index in [0.717, 1.165) is 22.4 Å². The van der Waals surface area contributed by atoms with Gasteiger partial charge in [-0.1, -0.05) is 34.1 Å². The Morgan fingerprint density at radius 2 is 1.75 bits per heavy atom. The Morgan fingerprint density at radius 3 is 2.38 bits per heavy atom. The quantitative estimate of drug-likeness (QED) is 0.441. The minimum atomic E-state index is -4.94. The lowest BCUT2D eigenvalue weighted by molar-refractivity contribution is -2.00. The van der Waals surface area contributed by atoms with E-state index in [0.29, 0.717) is 6.54 Å². The predicted octanol–water partition coefficient (Wildman–Crippen LogP) is -2.09. The average molecular weight is 418 g/mol. The van der Waals surface area contributed by atoms with Gasteiger partial charge in [0.1, 0.15) is 6.54 Å². The number of pyridine rings is 1. The number of ketones is 1. The molecule has 0 radical (unpaired) electrons. The number of anilines is 1. The molecule has 0 aliphatic carbocycles. The van der Waals surface area contributed by atoms with Gasteiger partial charge in [0.2, 0.25) is 0 Å². The molecule has 0 saturated carbocycles. The van der Waals surface area contributed by atoms with E-state index in [1.165, 1.54) is 0 Å². The van der Waals surface area contributed by atoms with Crippen molar-refractivity contribution in [1.29, 1.82) is 0 Å². The summed E-state index contributed by atoms with van der Waals surface area (Å²) < 4.78 is 37.1. The molecule has 7 nitrogen and oxygen atoms in total. The molecule has 1 atom stereocenters. The van der Waals surface area contributed by atoms with Crippen LogP contribution in [0.1, 0.15) is 10.4 Å². The molecule has 9 heteroatoms. The van der Waals surface area contributed by atoms with Crippen molar-refractivity contribution in [2.24, 2.45) is 5.92 Å². The van der Waals surface area contributed by atoms with E-state index in [1.807, 2.05) is 48.7 Å². The molecule has 1 aromatic carbocycles. The van der Waals surface area contributed by atoms with Gasteiger partial charge in [0, 0.05) is 16.1 Å². The van der Waals surface area contributed by atoms with Crippen LogP contribution in [0.3, 0.4) is 0 Å². The molecule has 2 aromatic rings. The van der Waals surface area contributed by atoms with Crippen molar-refractivity contribution in [2.75, 3.05) is 11.9 Å². The first-order valence-corrected chi connectivity index (χ1v) is 8.90. The SMILES string of the molecule is O=C(c1ccc(Br)cc1)C1CNc2cccc[n+]2C1.[O-][Cl+3]([O-])([O-])[O-]. The first-order chi connectivity index (χ1) is 11.2. The molecular weight excluding hydrogens is 404 g/mol. The number of hydrogen-bond donors (Lipinski definition) is 1. The molecule has 0 fully saturated rings. The van der Waals surface area contributed by atoms with Crippen LogP contribution in [0.15, 0.2) is 53.1 Å². The highest BCUT2D eigenvalue weighted by Gasteiger charge is 2.29. The second-order valence-corrected chi connectivity index (χ2v) is 6.74. The number of fused-ring (bicyclic) bond motifs is 1. The van der Waals surface area contributed by atoms with Crippen LogP contribution >= 0.6 is 15.9 Å². The largest absolute Gasteiger partial charge is 0.294 e. The summed E-state index contributed by atoms with van der Waals surface area (Å²) in [5, 5.41) is 3.31. The fourth-order valence-electron chi connectivity index (χ4n) is 2.35. The van der Waals surface area contributed by atoms with Crippen LogP contribution in [0.5, 0.6) is 0 Å². The third-order valence-electron chi connectivity index (χ3n) is 3.39. The van der Waals surface area contributed by atoms with Gasteiger partial charge < -0.3 is 0 Å². The molecule has 3 rings (SSSR count). The molecule has 128 valence electrons. The van der Waals surface area contributed by atoms with Gasteiger partial charge in [0.15, 0.2) is 5.78 Å². The van der Waals surface area contributed by atoms with Crippen molar-refractivity contribution < 1.29 is 38.2 Å². The Balaban J connectivity index is 0.000000368. The number of nitrogens with zero attached hydrogens (tertiary/aromatic N) is 1. The Bertz CT molecular complexity index is 700. The van der Waals surface area contributed by atoms with Gasteiger partial charge >= 0.3 is 0 Å². The van der Waals surface area contributed by atoms with Gasteiger partial charge in [0.05, 0.1) is 18.7 Å². The van der Waals surface area contributed by atoms with Crippen LogP contribution in [0.2, 0.25) is 0 Å². The molecule has 1 aliphatic heterocycles. The first-order valence-electron chi connectivity index (χ1n) is 6.88. The highest BCUT2D eigenvalue weighted by molar-refractivity contribution is 9.10. The summed E-state index contributed by atoms with van der Waals surface area (Å²) in [6.45, 7) is 1.43. The topological polar surface area (TPSA) is 125 Å². The first kappa shape index (κ1) is 18.8. The Kier molecular flexibility index (Phi) is 6.27. The van der Waals surface area contributed by atoms with Gasteiger partial charge in [-0.15, -0.1) is 10.2 Å². The fraction of sp³-hybridized carbons (Fsp3) is 0.200. The smallest absolute Gasteiger partial charge is 0.274 e. The lowest BCUT2D eigenvalue weighted by Crippen LogP contribution is -2.68. The highest BCUT2D eigenvalue weighted by Crippen LogP contribution is 2.17. The lowest BCUT2D eigenvalue weighted by atomic mass is 9.96. The van der Waals surface area contributed by atoms with Crippen molar-refractivity contribution in [3.8, 4) is 0 Å². The van der Waals surface area contributed by atoms with Crippen molar-refractivity contribution >= 4 is 27.5 Å². The van der Waals surface area contributed by atoms with Gasteiger partial charge in [0.25, 0.3) is 5.82 Å². The van der Waals surface area contributed by atoms with Crippen LogP contribution in [0.25, 0.3) is 0 Å². The van der Waals surface area contributed by atoms with E-state index >= 15 is 0 Å². The van der Waals surface area contributed by atoms with Crippen molar-refractivity contribution in [2.45, 2.75) is 6.54 Å². The number of rotatable bonds is 2. The predicted molar refractivity (Wildman–Crippen MR) is 77.1 cm³/mol. The zero-order valence-corrected chi connectivity index (χ0v) is 14.7. The summed E-state index contributed by atoms with van der Waals surface area (Å²) in [6, 6.07) is 13.6. The van der Waals surface area contributed by atoms with E-state index in [1.54, 1.807) is 0 Å². The maximum absolute atomic E-state index is 12.5. The van der Waals surface area contributed by atoms with E-state index in [-0.39, 0.29) is 11.7 Å². The molecule has 1 aromatic heterocycles. The Labute approximate surface area is 149 Å². The third kappa shape index (κ3) is 5.82. The molecule has 0 bridgehead atoms.